The van der Waals surface area contributed by atoms with Crippen molar-refractivity contribution < 1.29 is 14.3 Å². The smallest absolute Gasteiger partial charge is 0.322 e. The lowest BCUT2D eigenvalue weighted by atomic mass is 9.93. The molecule has 0 bridgehead atoms. The maximum Gasteiger partial charge on any atom is 0.322 e. The molecule has 144 valence electrons. The number of fused-ring (bicyclic) bond motifs is 3. The van der Waals surface area contributed by atoms with E-state index in [0.717, 1.165) is 41.6 Å². The van der Waals surface area contributed by atoms with Crippen molar-refractivity contribution in [3.05, 3.63) is 65.4 Å². The number of hydrogen-bond acceptors (Lipinski definition) is 3. The van der Waals surface area contributed by atoms with Crippen LogP contribution in [0, 0.1) is 0 Å². The van der Waals surface area contributed by atoms with Gasteiger partial charge >= 0.3 is 6.03 Å². The van der Waals surface area contributed by atoms with Gasteiger partial charge in [-0.3, -0.25) is 0 Å². The van der Waals surface area contributed by atoms with Crippen LogP contribution in [0.3, 0.4) is 0 Å². The lowest BCUT2D eigenvalue weighted by Crippen LogP contribution is -2.37. The van der Waals surface area contributed by atoms with E-state index in [-0.39, 0.29) is 12.6 Å². The number of nitrogens with one attached hydrogen (secondary N) is 1. The molecule has 28 heavy (non-hydrogen) atoms. The number of nitrogens with zero attached hydrogens (tertiary/aromatic N) is 1. The number of carbonyl (C=O) groups is 1. The summed E-state index contributed by atoms with van der Waals surface area (Å²) in [7, 11) is 0. The third-order valence-corrected chi connectivity index (χ3v) is 6.07. The molecule has 2 heterocycles. The number of para-hydroxylation sites is 1. The van der Waals surface area contributed by atoms with Crippen molar-refractivity contribution >= 4 is 22.7 Å². The molecule has 0 saturated carbocycles. The number of carbonyl (C=O) groups excluding carboxylic acids is 1. The molecule has 1 aliphatic carbocycles. The van der Waals surface area contributed by atoms with Gasteiger partial charge in [0.15, 0.2) is 5.58 Å². The number of anilines is 1. The Labute approximate surface area is 164 Å². The van der Waals surface area contributed by atoms with Gasteiger partial charge in [0.1, 0.15) is 11.4 Å². The Balaban J connectivity index is 1.37. The first kappa shape index (κ1) is 17.3. The number of aliphatic hydroxyl groups is 1. The zero-order valence-electron chi connectivity index (χ0n) is 15.8. The Morgan fingerprint density at radius 1 is 1.07 bits per heavy atom. The first-order valence-electron chi connectivity index (χ1n) is 10.0. The number of aryl methyl sites for hydroxylation is 2. The number of rotatable bonds is 2. The Morgan fingerprint density at radius 3 is 2.75 bits per heavy atom. The third-order valence-electron chi connectivity index (χ3n) is 6.07. The molecular weight excluding hydrogens is 352 g/mol. The minimum absolute atomic E-state index is 0.200. The fraction of sp³-hybridized carbons (Fsp3) is 0.348. The first-order valence-corrected chi connectivity index (χ1v) is 10.0. The summed E-state index contributed by atoms with van der Waals surface area (Å²) < 4.78 is 6.11. The minimum atomic E-state index is -0.992. The largest absolute Gasteiger partial charge is 0.459 e. The van der Waals surface area contributed by atoms with Crippen molar-refractivity contribution in [2.24, 2.45) is 0 Å². The van der Waals surface area contributed by atoms with E-state index >= 15 is 0 Å². The van der Waals surface area contributed by atoms with Crippen LogP contribution in [0.4, 0.5) is 10.5 Å². The van der Waals surface area contributed by atoms with Crippen LogP contribution in [0.25, 0.3) is 11.0 Å². The summed E-state index contributed by atoms with van der Waals surface area (Å²) in [5.74, 6) is 1.06. The van der Waals surface area contributed by atoms with Gasteiger partial charge in [-0.1, -0.05) is 42.5 Å². The van der Waals surface area contributed by atoms with Crippen molar-refractivity contribution in [2.75, 3.05) is 18.4 Å². The van der Waals surface area contributed by atoms with Crippen LogP contribution in [-0.2, 0) is 18.4 Å². The monoisotopic (exact) mass is 376 g/mol. The predicted molar refractivity (Wildman–Crippen MR) is 108 cm³/mol. The Bertz CT molecular complexity index is 1030. The molecule has 2 N–H and O–H groups in total. The predicted octanol–water partition coefficient (Wildman–Crippen LogP) is 4.44. The van der Waals surface area contributed by atoms with Crippen molar-refractivity contribution in [1.82, 2.24) is 4.90 Å². The van der Waals surface area contributed by atoms with Gasteiger partial charge < -0.3 is 19.7 Å². The molecule has 5 nitrogen and oxygen atoms in total. The van der Waals surface area contributed by atoms with Crippen molar-refractivity contribution in [1.29, 1.82) is 0 Å². The molecule has 5 heteroatoms. The molecular formula is C23H24N2O3. The van der Waals surface area contributed by atoms with Gasteiger partial charge in [0.2, 0.25) is 0 Å². The van der Waals surface area contributed by atoms with Gasteiger partial charge in [0.25, 0.3) is 0 Å². The molecule has 1 aromatic heterocycles. The summed E-state index contributed by atoms with van der Waals surface area (Å²) in [5.41, 5.74) is 2.62. The van der Waals surface area contributed by atoms with Gasteiger partial charge in [-0.2, -0.15) is 0 Å². The number of likely N-dealkylation sites (tertiary alicyclic amines) is 1. The topological polar surface area (TPSA) is 65.7 Å². The summed E-state index contributed by atoms with van der Waals surface area (Å²) in [6.07, 6.45) is 4.87. The second kappa shape index (κ2) is 6.67. The maximum absolute atomic E-state index is 12.9. The molecule has 1 atom stereocenters. The second-order valence-electron chi connectivity index (χ2n) is 7.89. The SMILES string of the molecule is O=C(Nc1cccc2c3c(oc12)CCCC3)N1CC[C@@](O)(c2ccccc2)C1. The van der Waals surface area contributed by atoms with E-state index in [9.17, 15) is 9.90 Å². The van der Waals surface area contributed by atoms with Crippen molar-refractivity contribution in [3.8, 4) is 0 Å². The normalized spacial score (nSPS) is 21.7. The van der Waals surface area contributed by atoms with Crippen LogP contribution in [0.2, 0.25) is 0 Å². The van der Waals surface area contributed by atoms with E-state index in [0.29, 0.717) is 18.7 Å². The van der Waals surface area contributed by atoms with Crippen LogP contribution in [0.5, 0.6) is 0 Å². The summed E-state index contributed by atoms with van der Waals surface area (Å²) >= 11 is 0. The van der Waals surface area contributed by atoms with Gasteiger partial charge in [0, 0.05) is 23.9 Å². The van der Waals surface area contributed by atoms with Crippen LogP contribution >= 0.6 is 0 Å². The molecule has 5 rings (SSSR count). The van der Waals surface area contributed by atoms with Gasteiger partial charge in [-0.25, -0.2) is 4.79 Å². The summed E-state index contributed by atoms with van der Waals surface area (Å²) in [4.78, 5) is 14.6. The molecule has 2 amide bonds. The molecule has 0 radical (unpaired) electrons. The third kappa shape index (κ3) is 2.87. The average Bonchev–Trinajstić information content (AvgIpc) is 3.31. The molecule has 1 aliphatic heterocycles. The number of hydrogen-bond donors (Lipinski definition) is 2. The highest BCUT2D eigenvalue weighted by atomic mass is 16.3. The Kier molecular flexibility index (Phi) is 4.13. The molecule has 2 aromatic carbocycles. The highest BCUT2D eigenvalue weighted by Crippen LogP contribution is 2.36. The van der Waals surface area contributed by atoms with E-state index in [2.05, 4.69) is 11.4 Å². The highest BCUT2D eigenvalue weighted by molar-refractivity contribution is 6.00. The van der Waals surface area contributed by atoms with E-state index in [4.69, 9.17) is 4.42 Å². The zero-order chi connectivity index (χ0) is 19.1. The number of amides is 2. The van der Waals surface area contributed by atoms with Gasteiger partial charge in [-0.15, -0.1) is 0 Å². The number of β-amino-alcohol motifs (C(OH)–C–C–N with tert-alkyl or cyclic N) is 1. The van der Waals surface area contributed by atoms with Crippen LogP contribution in [-0.4, -0.2) is 29.1 Å². The minimum Gasteiger partial charge on any atom is -0.459 e. The van der Waals surface area contributed by atoms with Crippen molar-refractivity contribution in [2.45, 2.75) is 37.7 Å². The fourth-order valence-electron chi connectivity index (χ4n) is 4.53. The molecule has 0 unspecified atom stereocenters. The number of benzene rings is 2. The van der Waals surface area contributed by atoms with Crippen LogP contribution < -0.4 is 5.32 Å². The molecule has 2 aliphatic rings. The lowest BCUT2D eigenvalue weighted by Gasteiger charge is -2.24. The summed E-state index contributed by atoms with van der Waals surface area (Å²) in [6, 6.07) is 15.3. The van der Waals surface area contributed by atoms with E-state index in [1.54, 1.807) is 4.90 Å². The number of furan rings is 1. The molecule has 0 spiro atoms. The lowest BCUT2D eigenvalue weighted by molar-refractivity contribution is 0.0501. The summed E-state index contributed by atoms with van der Waals surface area (Å²) in [6.45, 7) is 0.801. The quantitative estimate of drug-likeness (QED) is 0.695. The van der Waals surface area contributed by atoms with Crippen LogP contribution in [0.1, 0.15) is 36.1 Å². The molecule has 3 aromatic rings. The average molecular weight is 376 g/mol. The van der Waals surface area contributed by atoms with E-state index < -0.39 is 5.60 Å². The fourth-order valence-corrected chi connectivity index (χ4v) is 4.53. The maximum atomic E-state index is 12.9. The van der Waals surface area contributed by atoms with Crippen LogP contribution in [0.15, 0.2) is 52.9 Å². The molecule has 1 saturated heterocycles. The second-order valence-corrected chi connectivity index (χ2v) is 7.89. The zero-order valence-corrected chi connectivity index (χ0v) is 15.8. The Hall–Kier alpha value is -2.79. The highest BCUT2D eigenvalue weighted by Gasteiger charge is 2.39. The Morgan fingerprint density at radius 2 is 1.89 bits per heavy atom. The van der Waals surface area contributed by atoms with E-state index in [1.165, 1.54) is 12.0 Å². The molecule has 1 fully saturated rings. The number of urea groups is 1. The standard InChI is InChI=1S/C23H24N2O3/c26-22(25-14-13-23(27,15-25)16-7-2-1-3-8-16)24-19-11-6-10-18-17-9-4-5-12-20(17)28-21(18)19/h1-3,6-8,10-11,27H,4-5,9,12-15H2,(H,24,26)/t23-/m0/s1. The summed E-state index contributed by atoms with van der Waals surface area (Å²) in [5, 5.41) is 15.1. The van der Waals surface area contributed by atoms with E-state index in [1.807, 2.05) is 42.5 Å². The first-order chi connectivity index (χ1) is 13.6. The van der Waals surface area contributed by atoms with Crippen molar-refractivity contribution in [3.63, 3.8) is 0 Å². The van der Waals surface area contributed by atoms with Gasteiger partial charge in [0.05, 0.1) is 12.2 Å². The van der Waals surface area contributed by atoms with Gasteiger partial charge in [-0.05, 0) is 37.3 Å².